The molecule has 0 bridgehead atoms. The van der Waals surface area contributed by atoms with Gasteiger partial charge in [-0.2, -0.15) is 0 Å². The van der Waals surface area contributed by atoms with Crippen LogP contribution in [0.2, 0.25) is 5.02 Å². The van der Waals surface area contributed by atoms with E-state index in [1.807, 2.05) is 60.4 Å². The minimum absolute atomic E-state index is 0.0252. The summed E-state index contributed by atoms with van der Waals surface area (Å²) in [6.07, 6.45) is 0. The third kappa shape index (κ3) is 6.05. The molecular weight excluding hydrogens is 438 g/mol. The lowest BCUT2D eigenvalue weighted by Gasteiger charge is -2.36. The number of hydrogen-bond donors (Lipinski definition) is 1. The van der Waals surface area contributed by atoms with Gasteiger partial charge in [-0.1, -0.05) is 29.3 Å². The maximum Gasteiger partial charge on any atom is 0.262 e. The topological polar surface area (TPSA) is 61.9 Å². The summed E-state index contributed by atoms with van der Waals surface area (Å²) in [7, 11) is 0. The molecule has 0 aromatic heterocycles. The first kappa shape index (κ1) is 22.7. The van der Waals surface area contributed by atoms with Crippen molar-refractivity contribution in [1.29, 1.82) is 0 Å². The highest BCUT2D eigenvalue weighted by Gasteiger charge is 2.22. The van der Waals surface area contributed by atoms with Crippen LogP contribution in [0.25, 0.3) is 0 Å². The summed E-state index contributed by atoms with van der Waals surface area (Å²) in [6.45, 7) is 4.74. The second kappa shape index (κ2) is 10.4. The Labute approximate surface area is 198 Å². The maximum atomic E-state index is 12.7. The lowest BCUT2D eigenvalue weighted by Crippen LogP contribution is -2.48. The van der Waals surface area contributed by atoms with Gasteiger partial charge in [-0.05, 0) is 67.6 Å². The number of halogens is 1. The molecule has 3 aromatic carbocycles. The summed E-state index contributed by atoms with van der Waals surface area (Å²) >= 11 is 5.91. The molecule has 170 valence electrons. The number of anilines is 2. The van der Waals surface area contributed by atoms with Crippen molar-refractivity contribution < 1.29 is 14.3 Å². The van der Waals surface area contributed by atoms with Crippen LogP contribution in [0.5, 0.6) is 5.75 Å². The van der Waals surface area contributed by atoms with E-state index in [-0.39, 0.29) is 18.4 Å². The van der Waals surface area contributed by atoms with E-state index in [0.717, 1.165) is 24.3 Å². The second-order valence-corrected chi connectivity index (χ2v) is 8.42. The lowest BCUT2D eigenvalue weighted by molar-refractivity contribution is -0.118. The largest absolute Gasteiger partial charge is 0.484 e. The molecule has 0 radical (unpaired) electrons. The Morgan fingerprint density at radius 3 is 2.15 bits per heavy atom. The molecule has 0 unspecified atom stereocenters. The number of ether oxygens (including phenoxy) is 1. The van der Waals surface area contributed by atoms with Crippen LogP contribution in [-0.4, -0.2) is 49.5 Å². The molecule has 7 heteroatoms. The summed E-state index contributed by atoms with van der Waals surface area (Å²) in [5, 5.41) is 3.47. The number of benzene rings is 3. The molecule has 0 spiro atoms. The number of carbonyl (C=O) groups excluding carboxylic acids is 2. The van der Waals surface area contributed by atoms with Gasteiger partial charge in [-0.3, -0.25) is 9.59 Å². The van der Waals surface area contributed by atoms with Crippen LogP contribution >= 0.6 is 11.6 Å². The smallest absolute Gasteiger partial charge is 0.262 e. The lowest BCUT2D eigenvalue weighted by atomic mass is 10.1. The molecule has 1 heterocycles. The van der Waals surface area contributed by atoms with Gasteiger partial charge in [0.1, 0.15) is 5.75 Å². The predicted octanol–water partition coefficient (Wildman–Crippen LogP) is 4.63. The maximum absolute atomic E-state index is 12.7. The Morgan fingerprint density at radius 2 is 1.52 bits per heavy atom. The van der Waals surface area contributed by atoms with E-state index in [2.05, 4.69) is 10.2 Å². The minimum atomic E-state index is -0.211. The van der Waals surface area contributed by atoms with Crippen molar-refractivity contribution in [3.05, 3.63) is 88.9 Å². The highest BCUT2D eigenvalue weighted by Crippen LogP contribution is 2.21. The number of nitrogens with zero attached hydrogens (tertiary/aromatic N) is 2. The molecule has 6 nitrogen and oxygen atoms in total. The van der Waals surface area contributed by atoms with Gasteiger partial charge >= 0.3 is 0 Å². The average molecular weight is 464 g/mol. The van der Waals surface area contributed by atoms with E-state index in [9.17, 15) is 9.59 Å². The van der Waals surface area contributed by atoms with Crippen molar-refractivity contribution in [2.24, 2.45) is 0 Å². The fourth-order valence-corrected chi connectivity index (χ4v) is 3.80. The fraction of sp³-hybridized carbons (Fsp3) is 0.231. The second-order valence-electron chi connectivity index (χ2n) is 7.98. The Bertz CT molecular complexity index is 1090. The molecule has 1 fully saturated rings. The molecule has 1 saturated heterocycles. The summed E-state index contributed by atoms with van der Waals surface area (Å²) in [5.74, 6) is 0.481. The van der Waals surface area contributed by atoms with Crippen LogP contribution in [0.3, 0.4) is 0 Å². The number of hydrogen-bond acceptors (Lipinski definition) is 4. The summed E-state index contributed by atoms with van der Waals surface area (Å²) in [6, 6.07) is 22.3. The van der Waals surface area contributed by atoms with Crippen molar-refractivity contribution in [2.75, 3.05) is 43.0 Å². The molecule has 33 heavy (non-hydrogen) atoms. The first-order valence-corrected chi connectivity index (χ1v) is 11.2. The zero-order valence-corrected chi connectivity index (χ0v) is 19.2. The van der Waals surface area contributed by atoms with Crippen molar-refractivity contribution in [3.63, 3.8) is 0 Å². The van der Waals surface area contributed by atoms with Crippen LogP contribution in [0, 0.1) is 6.92 Å². The summed E-state index contributed by atoms with van der Waals surface area (Å²) in [5.41, 5.74) is 3.57. The molecule has 0 saturated carbocycles. The molecule has 1 N–H and O–H groups in total. The van der Waals surface area contributed by atoms with Crippen molar-refractivity contribution in [2.45, 2.75) is 6.92 Å². The summed E-state index contributed by atoms with van der Waals surface area (Å²) < 4.78 is 5.52. The van der Waals surface area contributed by atoms with Crippen molar-refractivity contribution in [1.82, 2.24) is 4.90 Å². The first-order chi connectivity index (χ1) is 16.0. The Morgan fingerprint density at radius 1 is 0.879 bits per heavy atom. The SMILES string of the molecule is Cc1ccc(OCC(=O)Nc2ccc(N3CCN(C(=O)c4ccc(Cl)cc4)CC3)cc2)cc1. The first-order valence-electron chi connectivity index (χ1n) is 10.9. The van der Waals surface area contributed by atoms with Gasteiger partial charge in [-0.15, -0.1) is 0 Å². The van der Waals surface area contributed by atoms with E-state index in [1.165, 1.54) is 0 Å². The zero-order chi connectivity index (χ0) is 23.2. The van der Waals surface area contributed by atoms with Gasteiger partial charge in [0.15, 0.2) is 6.61 Å². The van der Waals surface area contributed by atoms with Crippen LogP contribution in [0.4, 0.5) is 11.4 Å². The fourth-order valence-electron chi connectivity index (χ4n) is 3.68. The number of aryl methyl sites for hydroxylation is 1. The normalized spacial score (nSPS) is 13.5. The number of carbonyl (C=O) groups is 2. The van der Waals surface area contributed by atoms with Crippen LogP contribution in [-0.2, 0) is 4.79 Å². The van der Waals surface area contributed by atoms with Crippen LogP contribution in [0.1, 0.15) is 15.9 Å². The van der Waals surface area contributed by atoms with Gasteiger partial charge in [0, 0.05) is 48.1 Å². The Hall–Kier alpha value is -3.51. The molecular formula is C26H26ClN3O3. The van der Waals surface area contributed by atoms with Crippen LogP contribution < -0.4 is 15.0 Å². The van der Waals surface area contributed by atoms with Gasteiger partial charge in [0.25, 0.3) is 11.8 Å². The Balaban J connectivity index is 1.25. The third-order valence-electron chi connectivity index (χ3n) is 5.57. The third-order valence-corrected chi connectivity index (χ3v) is 5.82. The highest BCUT2D eigenvalue weighted by molar-refractivity contribution is 6.30. The zero-order valence-electron chi connectivity index (χ0n) is 18.5. The quantitative estimate of drug-likeness (QED) is 0.579. The van der Waals surface area contributed by atoms with Gasteiger partial charge in [0.2, 0.25) is 0 Å². The minimum Gasteiger partial charge on any atom is -0.484 e. The van der Waals surface area contributed by atoms with Gasteiger partial charge in [-0.25, -0.2) is 0 Å². The van der Waals surface area contributed by atoms with E-state index in [4.69, 9.17) is 16.3 Å². The number of amides is 2. The monoisotopic (exact) mass is 463 g/mol. The molecule has 2 amide bonds. The molecule has 0 aliphatic carbocycles. The van der Waals surface area contributed by atoms with E-state index in [0.29, 0.717) is 35.1 Å². The number of nitrogens with one attached hydrogen (secondary N) is 1. The standard InChI is InChI=1S/C26H26ClN3O3/c1-19-2-12-24(13-3-19)33-18-25(31)28-22-8-10-23(11-9-22)29-14-16-30(17-15-29)26(32)20-4-6-21(27)7-5-20/h2-13H,14-18H2,1H3,(H,28,31). The van der Waals surface area contributed by atoms with E-state index in [1.54, 1.807) is 24.3 Å². The number of rotatable bonds is 6. The predicted molar refractivity (Wildman–Crippen MR) is 131 cm³/mol. The van der Waals surface area contributed by atoms with E-state index >= 15 is 0 Å². The van der Waals surface area contributed by atoms with Gasteiger partial charge < -0.3 is 19.9 Å². The molecule has 4 rings (SSSR count). The highest BCUT2D eigenvalue weighted by atomic mass is 35.5. The molecule has 1 aliphatic rings. The number of piperazine rings is 1. The van der Waals surface area contributed by atoms with Crippen molar-refractivity contribution >= 4 is 34.8 Å². The van der Waals surface area contributed by atoms with Crippen molar-refractivity contribution in [3.8, 4) is 5.75 Å². The molecule has 3 aromatic rings. The van der Waals surface area contributed by atoms with Crippen LogP contribution in [0.15, 0.2) is 72.8 Å². The van der Waals surface area contributed by atoms with Gasteiger partial charge in [0.05, 0.1) is 0 Å². The average Bonchev–Trinajstić information content (AvgIpc) is 2.84. The summed E-state index contributed by atoms with van der Waals surface area (Å²) in [4.78, 5) is 29.0. The molecule has 1 aliphatic heterocycles. The van der Waals surface area contributed by atoms with E-state index < -0.39 is 0 Å². The molecule has 0 atom stereocenters. The Kier molecular flexibility index (Phi) is 7.15.